The van der Waals surface area contributed by atoms with Crippen molar-refractivity contribution in [3.8, 4) is 6.07 Å². The predicted molar refractivity (Wildman–Crippen MR) is 78.3 cm³/mol. The van der Waals surface area contributed by atoms with Crippen LogP contribution >= 0.6 is 50.5 Å². The number of thiazole rings is 1. The van der Waals surface area contributed by atoms with Crippen LogP contribution < -0.4 is 5.32 Å². The van der Waals surface area contributed by atoms with Crippen LogP contribution in [-0.2, 0) is 6.54 Å². The van der Waals surface area contributed by atoms with Crippen LogP contribution in [0.3, 0.4) is 0 Å². The number of halogens is 3. The summed E-state index contributed by atoms with van der Waals surface area (Å²) in [4.78, 5) is 4.92. The summed E-state index contributed by atoms with van der Waals surface area (Å²) in [5, 5.41) is 12.8. The van der Waals surface area contributed by atoms with E-state index in [2.05, 4.69) is 32.3 Å². The van der Waals surface area contributed by atoms with Crippen LogP contribution in [0.2, 0.25) is 9.49 Å². The average Bonchev–Trinajstić information content (AvgIpc) is 2.76. The fourth-order valence-corrected chi connectivity index (χ4v) is 2.94. The maximum Gasteiger partial charge on any atom is 0.183 e. The number of nitrogens with one attached hydrogen (secondary N) is 1. The number of nitrogens with zero attached hydrogens (tertiary/aromatic N) is 2. The van der Waals surface area contributed by atoms with Gasteiger partial charge >= 0.3 is 0 Å². The van der Waals surface area contributed by atoms with Crippen molar-refractivity contribution in [2.75, 3.05) is 5.32 Å². The van der Waals surface area contributed by atoms with Crippen molar-refractivity contribution < 1.29 is 0 Å². The highest BCUT2D eigenvalue weighted by molar-refractivity contribution is 9.10. The van der Waals surface area contributed by atoms with Crippen LogP contribution in [0.25, 0.3) is 0 Å². The standard InChI is InChI=1S/C11H6BrCl2N3S/c12-8-1-2-9(13)10(7(8)3-15)16-4-6-5-17-11(14)18-6/h1-2,5,16H,4H2. The lowest BCUT2D eigenvalue weighted by Gasteiger charge is -2.10. The topological polar surface area (TPSA) is 48.7 Å². The first-order valence-corrected chi connectivity index (χ1v) is 7.20. The molecular weight excluding hydrogens is 357 g/mol. The van der Waals surface area contributed by atoms with E-state index in [1.54, 1.807) is 18.3 Å². The van der Waals surface area contributed by atoms with Crippen molar-refractivity contribution in [2.24, 2.45) is 0 Å². The number of benzene rings is 1. The van der Waals surface area contributed by atoms with Crippen molar-refractivity contribution in [3.63, 3.8) is 0 Å². The lowest BCUT2D eigenvalue weighted by molar-refractivity contribution is 1.17. The Morgan fingerprint density at radius 3 is 2.83 bits per heavy atom. The molecule has 2 aromatic rings. The Morgan fingerprint density at radius 2 is 2.22 bits per heavy atom. The van der Waals surface area contributed by atoms with Gasteiger partial charge in [-0.2, -0.15) is 5.26 Å². The zero-order valence-electron chi connectivity index (χ0n) is 8.88. The molecule has 3 nitrogen and oxygen atoms in total. The first-order chi connectivity index (χ1) is 8.61. The Balaban J connectivity index is 2.24. The third-order valence-corrected chi connectivity index (χ3v) is 4.27. The Labute approximate surface area is 126 Å². The summed E-state index contributed by atoms with van der Waals surface area (Å²) in [5.41, 5.74) is 1.09. The Hall–Kier alpha value is -0.800. The maximum atomic E-state index is 9.12. The molecule has 1 aromatic carbocycles. The Bertz CT molecular complexity index is 621. The number of hydrogen-bond donors (Lipinski definition) is 1. The second-order valence-corrected chi connectivity index (χ2v) is 6.28. The van der Waals surface area contributed by atoms with Crippen molar-refractivity contribution >= 4 is 56.2 Å². The summed E-state index contributed by atoms with van der Waals surface area (Å²) in [7, 11) is 0. The van der Waals surface area contributed by atoms with Gasteiger partial charge in [0.25, 0.3) is 0 Å². The molecule has 7 heteroatoms. The van der Waals surface area contributed by atoms with Crippen molar-refractivity contribution in [1.82, 2.24) is 4.98 Å². The second-order valence-electron chi connectivity index (χ2n) is 3.32. The van der Waals surface area contributed by atoms with E-state index in [1.807, 2.05) is 0 Å². The summed E-state index contributed by atoms with van der Waals surface area (Å²) in [6.07, 6.45) is 1.69. The number of aromatic nitrogens is 1. The van der Waals surface area contributed by atoms with Crippen molar-refractivity contribution in [2.45, 2.75) is 6.54 Å². The molecule has 0 fully saturated rings. The first-order valence-electron chi connectivity index (χ1n) is 4.84. The van der Waals surface area contributed by atoms with Crippen LogP contribution in [0, 0.1) is 11.3 Å². The molecular formula is C11H6BrCl2N3S. The Kier molecular flexibility index (Phi) is 4.46. The molecule has 0 aliphatic rings. The third kappa shape index (κ3) is 2.96. The van der Waals surface area contributed by atoms with E-state index in [0.29, 0.717) is 31.8 Å². The van der Waals surface area contributed by atoms with Gasteiger partial charge in [0.1, 0.15) is 6.07 Å². The molecule has 0 atom stereocenters. The molecule has 18 heavy (non-hydrogen) atoms. The zero-order chi connectivity index (χ0) is 13.1. The molecule has 92 valence electrons. The van der Waals surface area contributed by atoms with Gasteiger partial charge in [0.15, 0.2) is 4.47 Å². The minimum absolute atomic E-state index is 0.484. The summed E-state index contributed by atoms with van der Waals surface area (Å²) >= 11 is 16.5. The lowest BCUT2D eigenvalue weighted by atomic mass is 10.2. The minimum atomic E-state index is 0.484. The highest BCUT2D eigenvalue weighted by atomic mass is 79.9. The predicted octanol–water partition coefficient (Wildman–Crippen LogP) is 4.70. The maximum absolute atomic E-state index is 9.12. The summed E-state index contributed by atoms with van der Waals surface area (Å²) in [6, 6.07) is 5.59. The van der Waals surface area contributed by atoms with Gasteiger partial charge < -0.3 is 5.32 Å². The molecule has 0 unspecified atom stereocenters. The number of anilines is 1. The van der Waals surface area contributed by atoms with Gasteiger partial charge in [-0.15, -0.1) is 11.3 Å². The van der Waals surface area contributed by atoms with Crippen LogP contribution in [0.15, 0.2) is 22.8 Å². The van der Waals surface area contributed by atoms with Gasteiger partial charge in [0, 0.05) is 15.5 Å². The van der Waals surface area contributed by atoms with Gasteiger partial charge in [-0.05, 0) is 28.1 Å². The van der Waals surface area contributed by atoms with E-state index in [0.717, 1.165) is 4.88 Å². The van der Waals surface area contributed by atoms with Gasteiger partial charge in [0.2, 0.25) is 0 Å². The van der Waals surface area contributed by atoms with E-state index in [9.17, 15) is 0 Å². The quantitative estimate of drug-likeness (QED) is 0.861. The molecule has 1 N–H and O–H groups in total. The number of nitriles is 1. The van der Waals surface area contributed by atoms with E-state index < -0.39 is 0 Å². The molecule has 0 aliphatic carbocycles. The fourth-order valence-electron chi connectivity index (χ4n) is 1.37. The monoisotopic (exact) mass is 361 g/mol. The van der Waals surface area contributed by atoms with E-state index >= 15 is 0 Å². The Morgan fingerprint density at radius 1 is 1.44 bits per heavy atom. The first kappa shape index (κ1) is 13.6. The van der Waals surface area contributed by atoms with E-state index in [4.69, 9.17) is 28.5 Å². The lowest BCUT2D eigenvalue weighted by Crippen LogP contribution is -2.01. The third-order valence-electron chi connectivity index (χ3n) is 2.18. The molecule has 0 bridgehead atoms. The van der Waals surface area contributed by atoms with Crippen LogP contribution in [-0.4, -0.2) is 4.98 Å². The molecule has 1 aromatic heterocycles. The molecule has 0 saturated heterocycles. The van der Waals surface area contributed by atoms with Gasteiger partial charge in [-0.25, -0.2) is 4.98 Å². The molecule has 0 spiro atoms. The molecule has 0 saturated carbocycles. The molecule has 0 radical (unpaired) electrons. The van der Waals surface area contributed by atoms with Crippen LogP contribution in [0.1, 0.15) is 10.4 Å². The number of hydrogen-bond acceptors (Lipinski definition) is 4. The largest absolute Gasteiger partial charge is 0.378 e. The molecule has 0 aliphatic heterocycles. The fraction of sp³-hybridized carbons (Fsp3) is 0.0909. The van der Waals surface area contributed by atoms with Gasteiger partial charge in [0.05, 0.1) is 22.8 Å². The van der Waals surface area contributed by atoms with E-state index in [-0.39, 0.29) is 0 Å². The molecule has 1 heterocycles. The average molecular weight is 363 g/mol. The van der Waals surface area contributed by atoms with Gasteiger partial charge in [-0.3, -0.25) is 0 Å². The summed E-state index contributed by atoms with van der Waals surface area (Å²) in [6.45, 7) is 0.523. The van der Waals surface area contributed by atoms with Crippen LogP contribution in [0.4, 0.5) is 5.69 Å². The summed E-state index contributed by atoms with van der Waals surface area (Å²) in [5.74, 6) is 0. The summed E-state index contributed by atoms with van der Waals surface area (Å²) < 4.78 is 1.20. The van der Waals surface area contributed by atoms with E-state index in [1.165, 1.54) is 11.3 Å². The molecule has 2 rings (SSSR count). The molecule has 0 amide bonds. The van der Waals surface area contributed by atoms with Crippen molar-refractivity contribution in [3.05, 3.63) is 42.7 Å². The smallest absolute Gasteiger partial charge is 0.183 e. The normalized spacial score (nSPS) is 10.1. The zero-order valence-corrected chi connectivity index (χ0v) is 12.8. The van der Waals surface area contributed by atoms with Gasteiger partial charge in [-0.1, -0.05) is 23.2 Å². The van der Waals surface area contributed by atoms with Crippen molar-refractivity contribution in [1.29, 1.82) is 5.26 Å². The van der Waals surface area contributed by atoms with Crippen LogP contribution in [0.5, 0.6) is 0 Å². The number of rotatable bonds is 3. The minimum Gasteiger partial charge on any atom is -0.378 e. The highest BCUT2D eigenvalue weighted by Crippen LogP contribution is 2.32. The SMILES string of the molecule is N#Cc1c(Br)ccc(Cl)c1NCc1cnc(Cl)s1. The second kappa shape index (κ2) is 5.89. The highest BCUT2D eigenvalue weighted by Gasteiger charge is 2.11.